The first kappa shape index (κ1) is 42.5. The summed E-state index contributed by atoms with van der Waals surface area (Å²) in [6.07, 6.45) is 21.6. The van der Waals surface area contributed by atoms with Gasteiger partial charge in [-0.05, 0) is 75.0 Å². The zero-order chi connectivity index (χ0) is 34.3. The maximum absolute atomic E-state index is 5.05. The summed E-state index contributed by atoms with van der Waals surface area (Å²) in [6, 6.07) is 12.4. The van der Waals surface area contributed by atoms with Crippen LogP contribution in [-0.4, -0.2) is 40.2 Å². The maximum Gasteiger partial charge on any atom is 1.00 e. The number of para-hydroxylation sites is 1. The molecule has 1 aromatic heterocycles. The molecule has 6 heteroatoms. The number of fused-ring (bicyclic) bond motifs is 1. The Hall–Kier alpha value is -2.52. The number of nitrogens with zero attached hydrogens (tertiary/aromatic N) is 2. The van der Waals surface area contributed by atoms with E-state index in [9.17, 15) is 0 Å². The van der Waals surface area contributed by atoms with Crippen LogP contribution in [0.5, 0.6) is 0 Å². The van der Waals surface area contributed by atoms with Crippen LogP contribution in [-0.2, 0) is 6.42 Å². The molecule has 2 heterocycles. The molecule has 2 aromatic rings. The molecule has 1 aromatic carbocycles. The second kappa shape index (κ2) is 21.5. The number of rotatable bonds is 17. The van der Waals surface area contributed by atoms with Gasteiger partial charge in [-0.25, -0.2) is 0 Å². The van der Waals surface area contributed by atoms with Crippen LogP contribution in [0.15, 0.2) is 68.3 Å². The second-order valence-electron chi connectivity index (χ2n) is 14.0. The van der Waals surface area contributed by atoms with E-state index in [1.807, 2.05) is 0 Å². The van der Waals surface area contributed by atoms with Gasteiger partial charge in [-0.2, -0.15) is 0 Å². The molecular formula is C41H64N5Na. The number of hydrogen-bond donors (Lipinski definition) is 3. The first-order valence-corrected chi connectivity index (χ1v) is 17.6. The van der Waals surface area contributed by atoms with Crippen molar-refractivity contribution in [2.45, 2.75) is 137 Å². The Kier molecular flexibility index (Phi) is 19.4. The first-order valence-electron chi connectivity index (χ1n) is 17.6. The fourth-order valence-corrected chi connectivity index (χ4v) is 6.54. The quantitative estimate of drug-likeness (QED) is 0.0803. The van der Waals surface area contributed by atoms with Gasteiger partial charge in [0, 0.05) is 41.6 Å². The Bertz CT molecular complexity index is 1300. The minimum absolute atomic E-state index is 0. The van der Waals surface area contributed by atoms with E-state index < -0.39 is 0 Å². The summed E-state index contributed by atoms with van der Waals surface area (Å²) in [5.41, 5.74) is 4.82. The fraction of sp³-hybridized carbons (Fsp3) is 0.561. The Morgan fingerprint density at radius 3 is 2.26 bits per heavy atom. The molecule has 4 atom stereocenters. The van der Waals surface area contributed by atoms with Gasteiger partial charge in [0.15, 0.2) is 0 Å². The van der Waals surface area contributed by atoms with Gasteiger partial charge in [-0.3, -0.25) is 6.58 Å². The average molecular weight is 650 g/mol. The molecule has 5 nitrogen and oxygen atoms in total. The van der Waals surface area contributed by atoms with E-state index in [1.54, 1.807) is 0 Å². The third-order valence-electron chi connectivity index (χ3n) is 9.00. The molecule has 47 heavy (non-hydrogen) atoms. The van der Waals surface area contributed by atoms with E-state index in [-0.39, 0.29) is 47.1 Å². The SMILES string of the molecule is C#CNC([C-]=C)CCCC.C=C(NCCc1cn(C(=C)C)c2ccccc12)C(CC(C)(C)C)NC(=C)N1[C@H](CC)CCC[C@@H]1CC.[Na+]. The Morgan fingerprint density at radius 1 is 1.09 bits per heavy atom. The van der Waals surface area contributed by atoms with E-state index in [1.165, 1.54) is 48.6 Å². The molecule has 2 unspecified atom stereocenters. The number of piperidine rings is 1. The molecule has 0 bridgehead atoms. The number of hydrogen-bond acceptors (Lipinski definition) is 4. The zero-order valence-corrected chi connectivity index (χ0v) is 33.3. The molecule has 0 spiro atoms. The van der Waals surface area contributed by atoms with E-state index in [0.29, 0.717) is 12.1 Å². The van der Waals surface area contributed by atoms with Crippen molar-refractivity contribution < 1.29 is 29.6 Å². The summed E-state index contributed by atoms with van der Waals surface area (Å²) in [4.78, 5) is 2.58. The molecule has 1 aliphatic heterocycles. The Balaban J connectivity index is 0.000000869. The van der Waals surface area contributed by atoms with Crippen LogP contribution in [0.4, 0.5) is 0 Å². The van der Waals surface area contributed by atoms with E-state index in [4.69, 9.17) is 6.42 Å². The Labute approximate surface area is 311 Å². The maximum atomic E-state index is 5.05. The molecule has 1 fully saturated rings. The minimum Gasteiger partial charge on any atom is -0.480 e. The van der Waals surface area contributed by atoms with E-state index in [2.05, 4.69) is 143 Å². The topological polar surface area (TPSA) is 44.3 Å². The van der Waals surface area contributed by atoms with Gasteiger partial charge in [-0.15, -0.1) is 0 Å². The van der Waals surface area contributed by atoms with Crippen molar-refractivity contribution in [1.82, 2.24) is 25.4 Å². The molecule has 0 aliphatic carbocycles. The number of terminal acetylenes is 1. The van der Waals surface area contributed by atoms with Crippen LogP contribution in [0.25, 0.3) is 16.6 Å². The van der Waals surface area contributed by atoms with Crippen LogP contribution >= 0.6 is 0 Å². The summed E-state index contributed by atoms with van der Waals surface area (Å²) in [5.74, 6) is 1.06. The number of unbranched alkanes of at least 4 members (excludes halogenated alkanes) is 1. The normalized spacial score (nSPS) is 17.2. The van der Waals surface area contributed by atoms with Crippen molar-refractivity contribution in [2.24, 2.45) is 5.41 Å². The molecule has 1 saturated heterocycles. The monoisotopic (exact) mass is 650 g/mol. The second-order valence-corrected chi connectivity index (χ2v) is 14.0. The molecular weight excluding hydrogens is 585 g/mol. The molecule has 0 saturated carbocycles. The predicted octanol–water partition coefficient (Wildman–Crippen LogP) is 6.41. The molecule has 3 N–H and O–H groups in total. The fourth-order valence-electron chi connectivity index (χ4n) is 6.54. The summed E-state index contributed by atoms with van der Waals surface area (Å²) in [5, 5.41) is 11.6. The van der Waals surface area contributed by atoms with Crippen molar-refractivity contribution in [1.29, 1.82) is 0 Å². The molecule has 0 amide bonds. The van der Waals surface area contributed by atoms with Gasteiger partial charge >= 0.3 is 29.6 Å². The third kappa shape index (κ3) is 13.5. The average Bonchev–Trinajstić information content (AvgIpc) is 3.40. The van der Waals surface area contributed by atoms with E-state index >= 15 is 0 Å². The van der Waals surface area contributed by atoms with Crippen LogP contribution < -0.4 is 45.5 Å². The number of likely N-dealkylation sites (tertiary alicyclic amines) is 1. The summed E-state index contributed by atoms with van der Waals surface area (Å²) in [6.45, 7) is 33.3. The standard InChI is InChI=1S/C32H50N4.C9H14N.Na/c1-10-27-15-14-16-28(11-2)36(27)25(6)34-30(21-32(7,8)9)24(5)33-20-19-26-22-35(23(3)4)31-18-13-12-17-29(26)31;1-4-7-8-9(5-2)10-6-3;/h12-13,17-18,22,27-28,30,33-34H,3,5-6,10-11,14-16,19-21H2,1-2,4,7-9H3;3,9-10H,2,4,7-8H2,1H3;/q;-1;+1/t27-,28+,30?;;. The van der Waals surface area contributed by atoms with Crippen molar-refractivity contribution in [3.8, 4) is 12.5 Å². The molecule has 3 rings (SSSR count). The minimum atomic E-state index is 0. The summed E-state index contributed by atoms with van der Waals surface area (Å²) in [7, 11) is 0. The summed E-state index contributed by atoms with van der Waals surface area (Å²) >= 11 is 0. The third-order valence-corrected chi connectivity index (χ3v) is 9.00. The Morgan fingerprint density at radius 2 is 1.72 bits per heavy atom. The molecule has 0 radical (unpaired) electrons. The van der Waals surface area contributed by atoms with Crippen LogP contribution in [0.3, 0.4) is 0 Å². The first-order chi connectivity index (χ1) is 21.9. The number of nitrogens with one attached hydrogen (secondary N) is 3. The van der Waals surface area contributed by atoms with E-state index in [0.717, 1.165) is 55.9 Å². The van der Waals surface area contributed by atoms with Gasteiger partial charge in [0.2, 0.25) is 0 Å². The van der Waals surface area contributed by atoms with Gasteiger partial charge in [0.05, 0.1) is 17.4 Å². The zero-order valence-electron chi connectivity index (χ0n) is 31.3. The van der Waals surface area contributed by atoms with Crippen molar-refractivity contribution >= 4 is 16.6 Å². The smallest absolute Gasteiger partial charge is 0.480 e. The predicted molar refractivity (Wildman–Crippen MR) is 202 cm³/mol. The van der Waals surface area contributed by atoms with Gasteiger partial charge in [0.1, 0.15) is 0 Å². The number of benzene rings is 1. The van der Waals surface area contributed by atoms with Gasteiger partial charge in [0.25, 0.3) is 0 Å². The van der Waals surface area contributed by atoms with Crippen molar-refractivity contribution in [3.05, 3.63) is 79.9 Å². The van der Waals surface area contributed by atoms with Crippen LogP contribution in [0.1, 0.15) is 112 Å². The van der Waals surface area contributed by atoms with Gasteiger partial charge < -0.3 is 31.5 Å². The van der Waals surface area contributed by atoms with Crippen LogP contribution in [0.2, 0.25) is 0 Å². The largest absolute Gasteiger partial charge is 1.00 e. The van der Waals surface area contributed by atoms with Crippen molar-refractivity contribution in [3.63, 3.8) is 0 Å². The molecule has 254 valence electrons. The van der Waals surface area contributed by atoms with Crippen LogP contribution in [0, 0.1) is 24.0 Å². The van der Waals surface area contributed by atoms with Gasteiger partial charge in [-0.1, -0.05) is 111 Å². The van der Waals surface area contributed by atoms with Crippen molar-refractivity contribution in [2.75, 3.05) is 6.54 Å². The molecule has 1 aliphatic rings. The summed E-state index contributed by atoms with van der Waals surface area (Å²) < 4.78 is 2.19. The number of aromatic nitrogens is 1. The number of allylic oxidation sites excluding steroid dienone is 1.